The van der Waals surface area contributed by atoms with Crippen molar-refractivity contribution in [3.8, 4) is 0 Å². The van der Waals surface area contributed by atoms with E-state index in [9.17, 15) is 0 Å². The van der Waals surface area contributed by atoms with Crippen molar-refractivity contribution in [3.63, 3.8) is 0 Å². The Morgan fingerprint density at radius 1 is 1.11 bits per heavy atom. The van der Waals surface area contributed by atoms with E-state index in [1.807, 2.05) is 0 Å². The van der Waals surface area contributed by atoms with Gasteiger partial charge in [0.05, 0.1) is 12.2 Å². The van der Waals surface area contributed by atoms with Gasteiger partial charge in [-0.05, 0) is 50.3 Å². The van der Waals surface area contributed by atoms with E-state index in [0.29, 0.717) is 12.2 Å². The maximum atomic E-state index is 6.08. The second kappa shape index (κ2) is 7.83. The molecule has 1 aliphatic rings. The summed E-state index contributed by atoms with van der Waals surface area (Å²) >= 11 is 0. The van der Waals surface area contributed by atoms with Crippen molar-refractivity contribution in [2.24, 2.45) is 11.8 Å². The van der Waals surface area contributed by atoms with Gasteiger partial charge in [0.15, 0.2) is 0 Å². The molecule has 18 heavy (non-hydrogen) atoms. The first kappa shape index (κ1) is 15.6. The van der Waals surface area contributed by atoms with Crippen LogP contribution in [0.3, 0.4) is 0 Å². The van der Waals surface area contributed by atoms with Gasteiger partial charge in [0.2, 0.25) is 0 Å². The highest BCUT2D eigenvalue weighted by Crippen LogP contribution is 2.17. The van der Waals surface area contributed by atoms with Crippen LogP contribution in [0.15, 0.2) is 12.3 Å². The van der Waals surface area contributed by atoms with Gasteiger partial charge in [-0.25, -0.2) is 0 Å². The second-order valence-corrected chi connectivity index (χ2v) is 6.48. The molecule has 0 aromatic rings. The lowest BCUT2D eigenvalue weighted by atomic mass is 10.1. The molecule has 0 fully saturated rings. The molecule has 1 rings (SSSR count). The lowest BCUT2D eigenvalue weighted by Crippen LogP contribution is -2.32. The third-order valence-electron chi connectivity index (χ3n) is 3.37. The standard InChI is InChI=1S/C16H31NO/c1-13(2)6-7-15(5)18-16-8-10-17(11-9-16)12-14(3)4/h8,10,13-16H,6-7,9,11-12H2,1-5H3. The summed E-state index contributed by atoms with van der Waals surface area (Å²) < 4.78 is 6.08. The largest absolute Gasteiger partial charge is 0.377 e. The highest BCUT2D eigenvalue weighted by Gasteiger charge is 2.16. The summed E-state index contributed by atoms with van der Waals surface area (Å²) in [6.45, 7) is 13.6. The van der Waals surface area contributed by atoms with Crippen LogP contribution in [-0.4, -0.2) is 30.2 Å². The molecule has 1 heterocycles. The van der Waals surface area contributed by atoms with Crippen LogP contribution in [0.4, 0.5) is 0 Å². The maximum absolute atomic E-state index is 6.08. The Bertz CT molecular complexity index is 247. The minimum absolute atomic E-state index is 0.329. The van der Waals surface area contributed by atoms with Crippen LogP contribution in [0.25, 0.3) is 0 Å². The third-order valence-corrected chi connectivity index (χ3v) is 3.37. The molecule has 0 saturated carbocycles. The highest BCUT2D eigenvalue weighted by atomic mass is 16.5. The van der Waals surface area contributed by atoms with Crippen molar-refractivity contribution < 1.29 is 4.74 Å². The summed E-state index contributed by atoms with van der Waals surface area (Å²) in [5.74, 6) is 1.51. The molecule has 106 valence electrons. The fourth-order valence-corrected chi connectivity index (χ4v) is 2.35. The Labute approximate surface area is 113 Å². The van der Waals surface area contributed by atoms with Gasteiger partial charge in [-0.2, -0.15) is 0 Å². The summed E-state index contributed by atoms with van der Waals surface area (Å²) in [6.07, 6.45) is 8.75. The molecule has 0 amide bonds. The molecule has 0 aliphatic carbocycles. The van der Waals surface area contributed by atoms with E-state index in [0.717, 1.165) is 31.3 Å². The molecule has 0 N–H and O–H groups in total. The van der Waals surface area contributed by atoms with Crippen molar-refractivity contribution in [3.05, 3.63) is 12.3 Å². The normalized spacial score (nSPS) is 21.9. The summed E-state index contributed by atoms with van der Waals surface area (Å²) in [5.41, 5.74) is 0. The van der Waals surface area contributed by atoms with Crippen LogP contribution in [0.5, 0.6) is 0 Å². The first-order valence-electron chi connectivity index (χ1n) is 7.55. The SMILES string of the molecule is CC(C)CCC(C)OC1C=CN(CC(C)C)CC1. The van der Waals surface area contributed by atoms with Crippen molar-refractivity contribution in [1.29, 1.82) is 0 Å². The molecule has 0 spiro atoms. The van der Waals surface area contributed by atoms with Gasteiger partial charge >= 0.3 is 0 Å². The molecule has 0 aromatic heterocycles. The Morgan fingerprint density at radius 3 is 2.33 bits per heavy atom. The average Bonchev–Trinajstić information content (AvgIpc) is 2.28. The van der Waals surface area contributed by atoms with E-state index in [4.69, 9.17) is 4.74 Å². The van der Waals surface area contributed by atoms with E-state index >= 15 is 0 Å². The Hall–Kier alpha value is -0.500. The Kier molecular flexibility index (Phi) is 6.77. The zero-order chi connectivity index (χ0) is 13.5. The topological polar surface area (TPSA) is 12.5 Å². The minimum Gasteiger partial charge on any atom is -0.377 e. The van der Waals surface area contributed by atoms with E-state index in [1.54, 1.807) is 0 Å². The predicted octanol–water partition coefficient (Wildman–Crippen LogP) is 4.07. The van der Waals surface area contributed by atoms with Crippen molar-refractivity contribution in [1.82, 2.24) is 4.90 Å². The highest BCUT2D eigenvalue weighted by molar-refractivity contribution is 4.95. The van der Waals surface area contributed by atoms with Gasteiger partial charge in [-0.1, -0.05) is 27.7 Å². The van der Waals surface area contributed by atoms with Crippen molar-refractivity contribution >= 4 is 0 Å². The van der Waals surface area contributed by atoms with Crippen molar-refractivity contribution in [2.75, 3.05) is 13.1 Å². The van der Waals surface area contributed by atoms with Gasteiger partial charge in [-0.3, -0.25) is 0 Å². The summed E-state index contributed by atoms with van der Waals surface area (Å²) in [4.78, 5) is 2.41. The monoisotopic (exact) mass is 253 g/mol. The zero-order valence-corrected chi connectivity index (χ0v) is 12.9. The van der Waals surface area contributed by atoms with Gasteiger partial charge < -0.3 is 9.64 Å². The molecule has 2 atom stereocenters. The number of hydrogen-bond acceptors (Lipinski definition) is 2. The quantitative estimate of drug-likeness (QED) is 0.678. The van der Waals surface area contributed by atoms with E-state index in [-0.39, 0.29) is 0 Å². The summed E-state index contributed by atoms with van der Waals surface area (Å²) in [5, 5.41) is 0. The van der Waals surface area contributed by atoms with Crippen LogP contribution >= 0.6 is 0 Å². The minimum atomic E-state index is 0.329. The summed E-state index contributed by atoms with van der Waals surface area (Å²) in [7, 11) is 0. The first-order chi connectivity index (χ1) is 8.47. The fraction of sp³-hybridized carbons (Fsp3) is 0.875. The number of nitrogens with zero attached hydrogens (tertiary/aromatic N) is 1. The van der Waals surface area contributed by atoms with Crippen LogP contribution in [-0.2, 0) is 4.74 Å². The molecule has 0 saturated heterocycles. The zero-order valence-electron chi connectivity index (χ0n) is 12.9. The van der Waals surface area contributed by atoms with E-state index < -0.39 is 0 Å². The van der Waals surface area contributed by atoms with Gasteiger partial charge in [0.1, 0.15) is 0 Å². The molecule has 2 heteroatoms. The van der Waals surface area contributed by atoms with E-state index in [2.05, 4.69) is 51.8 Å². The number of hydrogen-bond donors (Lipinski definition) is 0. The summed E-state index contributed by atoms with van der Waals surface area (Å²) in [6, 6.07) is 0. The van der Waals surface area contributed by atoms with Crippen molar-refractivity contribution in [2.45, 2.75) is 66.1 Å². The lowest BCUT2D eigenvalue weighted by Gasteiger charge is -2.30. The molecule has 2 unspecified atom stereocenters. The maximum Gasteiger partial charge on any atom is 0.0793 e. The van der Waals surface area contributed by atoms with Crippen LogP contribution in [0.1, 0.15) is 53.9 Å². The van der Waals surface area contributed by atoms with Gasteiger partial charge in [-0.15, -0.1) is 0 Å². The molecular weight excluding hydrogens is 222 g/mol. The van der Waals surface area contributed by atoms with Crippen LogP contribution in [0.2, 0.25) is 0 Å². The van der Waals surface area contributed by atoms with Gasteiger partial charge in [0.25, 0.3) is 0 Å². The number of ether oxygens (including phenoxy) is 1. The van der Waals surface area contributed by atoms with Gasteiger partial charge in [0, 0.05) is 13.1 Å². The van der Waals surface area contributed by atoms with Crippen LogP contribution < -0.4 is 0 Å². The molecule has 0 radical (unpaired) electrons. The Balaban J connectivity index is 2.25. The molecule has 0 bridgehead atoms. The molecule has 2 nitrogen and oxygen atoms in total. The average molecular weight is 253 g/mol. The third kappa shape index (κ3) is 6.44. The molecular formula is C16H31NO. The first-order valence-corrected chi connectivity index (χ1v) is 7.55. The number of rotatable bonds is 7. The lowest BCUT2D eigenvalue weighted by molar-refractivity contribution is 0.00456. The van der Waals surface area contributed by atoms with E-state index in [1.165, 1.54) is 12.8 Å². The molecule has 0 aromatic carbocycles. The fourth-order valence-electron chi connectivity index (χ4n) is 2.35. The molecule has 1 aliphatic heterocycles. The van der Waals surface area contributed by atoms with Crippen LogP contribution in [0, 0.1) is 11.8 Å². The Morgan fingerprint density at radius 2 is 1.83 bits per heavy atom. The second-order valence-electron chi connectivity index (χ2n) is 6.48. The smallest absolute Gasteiger partial charge is 0.0793 e. The predicted molar refractivity (Wildman–Crippen MR) is 78.6 cm³/mol.